The fourth-order valence-corrected chi connectivity index (χ4v) is 9.45. The topological polar surface area (TPSA) is 140 Å². The fraction of sp³-hybridized carbons (Fsp3) is 0.289. The summed E-state index contributed by atoms with van der Waals surface area (Å²) in [5.74, 6) is 0.721. The highest BCUT2D eigenvalue weighted by molar-refractivity contribution is 7.99. The minimum absolute atomic E-state index is 0.0874. The lowest BCUT2D eigenvalue weighted by Crippen LogP contribution is -2.46. The van der Waals surface area contributed by atoms with Crippen molar-refractivity contribution in [3.05, 3.63) is 142 Å². The van der Waals surface area contributed by atoms with Crippen molar-refractivity contribution in [1.29, 1.82) is 0 Å². The number of hydrogen-bond donors (Lipinski definition) is 2. The Morgan fingerprint density at radius 1 is 0.869 bits per heavy atom. The zero-order valence-corrected chi connectivity index (χ0v) is 36.8. The van der Waals surface area contributed by atoms with E-state index in [1.165, 1.54) is 29.6 Å². The predicted molar refractivity (Wildman–Crippen MR) is 248 cm³/mol. The van der Waals surface area contributed by atoms with Crippen LogP contribution in [-0.4, -0.2) is 117 Å². The molecule has 61 heavy (non-hydrogen) atoms. The van der Waals surface area contributed by atoms with Crippen molar-refractivity contribution in [2.45, 2.75) is 22.4 Å². The van der Waals surface area contributed by atoms with Gasteiger partial charge in [-0.05, 0) is 92.4 Å². The number of benzene rings is 5. The zero-order valence-electron chi connectivity index (χ0n) is 34.4. The van der Waals surface area contributed by atoms with E-state index in [1.54, 1.807) is 11.8 Å². The molecular formula is C45H50ClN9O4S2. The molecule has 16 heteroatoms. The third-order valence-electron chi connectivity index (χ3n) is 10.6. The number of anilines is 3. The first-order chi connectivity index (χ1) is 29.4. The van der Waals surface area contributed by atoms with Crippen molar-refractivity contribution in [2.24, 2.45) is 0 Å². The second-order valence-electron chi connectivity index (χ2n) is 15.4. The van der Waals surface area contributed by atoms with E-state index in [0.29, 0.717) is 28.2 Å². The van der Waals surface area contributed by atoms with E-state index >= 15 is 0 Å². The van der Waals surface area contributed by atoms with Crippen molar-refractivity contribution in [2.75, 3.05) is 87.6 Å². The number of sulfonamides is 1. The molecule has 0 aliphatic carbocycles. The standard InChI is InChI=1S/C45H50ClN9O4S2/c1-51(2)21-22-52(3)30-36(31-60-38-10-5-4-6-11-38)49-42-20-18-39(28-44(42)55(56)57)61(58,59)50-45-41-19-17-37(27-43(41)47-32-48-45)54-25-23-53(24-26-54)29-34-9-7-8-12-40(34)33-13-15-35(46)16-14-33/h4-20,27-28,32,36,49H,21-26,29-31H2,1-3H3,(H,47,48,50)/t36-/m1/s1. The maximum absolute atomic E-state index is 13.8. The molecule has 318 valence electrons. The second kappa shape index (κ2) is 20.1. The van der Waals surface area contributed by atoms with Crippen LogP contribution in [0.15, 0.2) is 131 Å². The number of fused-ring (bicyclic) bond motifs is 1. The number of nitro benzene ring substituents is 1. The molecule has 1 aromatic heterocycles. The molecule has 2 heterocycles. The second-order valence-corrected chi connectivity index (χ2v) is 18.6. The molecule has 7 rings (SSSR count). The predicted octanol–water partition coefficient (Wildman–Crippen LogP) is 8.05. The molecular weight excluding hydrogens is 830 g/mol. The van der Waals surface area contributed by atoms with Crippen molar-refractivity contribution in [3.63, 3.8) is 0 Å². The maximum atomic E-state index is 13.8. The highest BCUT2D eigenvalue weighted by Crippen LogP contribution is 2.33. The number of thioether (sulfide) groups is 1. The highest BCUT2D eigenvalue weighted by Gasteiger charge is 2.26. The van der Waals surface area contributed by atoms with Gasteiger partial charge in [-0.2, -0.15) is 0 Å². The van der Waals surface area contributed by atoms with Crippen molar-refractivity contribution < 1.29 is 13.3 Å². The molecule has 5 aromatic carbocycles. The van der Waals surface area contributed by atoms with Crippen LogP contribution in [0.25, 0.3) is 22.0 Å². The smallest absolute Gasteiger partial charge is 0.293 e. The minimum atomic E-state index is -4.28. The van der Waals surface area contributed by atoms with E-state index in [-0.39, 0.29) is 28.1 Å². The van der Waals surface area contributed by atoms with Crippen LogP contribution in [0.1, 0.15) is 5.56 Å². The van der Waals surface area contributed by atoms with Gasteiger partial charge in [0.1, 0.15) is 12.0 Å². The molecule has 1 aliphatic rings. The molecule has 0 spiro atoms. The monoisotopic (exact) mass is 879 g/mol. The lowest BCUT2D eigenvalue weighted by Gasteiger charge is -2.36. The summed E-state index contributed by atoms with van der Waals surface area (Å²) in [5, 5.41) is 17.0. The van der Waals surface area contributed by atoms with Gasteiger partial charge in [-0.15, -0.1) is 11.8 Å². The van der Waals surface area contributed by atoms with Gasteiger partial charge in [-0.25, -0.2) is 18.4 Å². The van der Waals surface area contributed by atoms with E-state index in [9.17, 15) is 18.5 Å². The Morgan fingerprint density at radius 2 is 1.61 bits per heavy atom. The number of likely N-dealkylation sites (N-methyl/N-ethyl adjacent to an activating group) is 2. The average molecular weight is 881 g/mol. The van der Waals surface area contributed by atoms with Gasteiger partial charge in [0.2, 0.25) is 0 Å². The SMILES string of the molecule is CN(C)CCN(C)C[C@H](CSc1ccccc1)Nc1ccc(S(=O)(=O)Nc2ncnc3cc(N4CCN(Cc5ccccc5-c5ccc(Cl)cc5)CC4)ccc23)cc1[N+](=O)[O-]. The molecule has 0 unspecified atom stereocenters. The van der Waals surface area contributed by atoms with Crippen LogP contribution in [0.5, 0.6) is 0 Å². The van der Waals surface area contributed by atoms with Crippen LogP contribution in [0, 0.1) is 10.1 Å². The highest BCUT2D eigenvalue weighted by atomic mass is 35.5. The van der Waals surface area contributed by atoms with Gasteiger partial charge in [-0.3, -0.25) is 19.7 Å². The Bertz CT molecular complexity index is 2540. The van der Waals surface area contributed by atoms with Crippen molar-refractivity contribution >= 4 is 67.2 Å². The first-order valence-corrected chi connectivity index (χ1v) is 22.9. The largest absolute Gasteiger partial charge is 0.375 e. The van der Waals surface area contributed by atoms with Crippen LogP contribution in [0.3, 0.4) is 0 Å². The molecule has 1 saturated heterocycles. The Hall–Kier alpha value is -5.29. The van der Waals surface area contributed by atoms with E-state index in [0.717, 1.165) is 68.0 Å². The summed E-state index contributed by atoms with van der Waals surface area (Å²) in [7, 11) is 1.77. The fourth-order valence-electron chi connectivity index (χ4n) is 7.35. The van der Waals surface area contributed by atoms with E-state index < -0.39 is 14.9 Å². The number of aromatic nitrogens is 2. The summed E-state index contributed by atoms with van der Waals surface area (Å²) in [4.78, 5) is 30.5. The molecule has 1 aliphatic heterocycles. The van der Waals surface area contributed by atoms with Gasteiger partial charge < -0.3 is 20.0 Å². The molecule has 1 atom stereocenters. The Kier molecular flexibility index (Phi) is 14.4. The Morgan fingerprint density at radius 3 is 2.34 bits per heavy atom. The van der Waals surface area contributed by atoms with E-state index in [2.05, 4.69) is 76.0 Å². The van der Waals surface area contributed by atoms with Gasteiger partial charge >= 0.3 is 0 Å². The molecule has 0 amide bonds. The Balaban J connectivity index is 1.02. The van der Waals surface area contributed by atoms with Gasteiger partial charge in [0.05, 0.1) is 15.3 Å². The number of piperazine rings is 1. The number of halogens is 1. The van der Waals surface area contributed by atoms with Crippen LogP contribution in [-0.2, 0) is 16.6 Å². The van der Waals surface area contributed by atoms with Gasteiger partial charge in [0.25, 0.3) is 15.7 Å². The third kappa shape index (κ3) is 11.6. The van der Waals surface area contributed by atoms with Crippen LogP contribution in [0.2, 0.25) is 5.02 Å². The normalized spacial score (nSPS) is 14.1. The summed E-state index contributed by atoms with van der Waals surface area (Å²) in [6.45, 7) is 6.46. The molecule has 13 nitrogen and oxygen atoms in total. The summed E-state index contributed by atoms with van der Waals surface area (Å²) >= 11 is 7.80. The number of nitro groups is 1. The first kappa shape index (κ1) is 43.8. The van der Waals surface area contributed by atoms with E-state index in [1.807, 2.05) is 81.8 Å². The summed E-state index contributed by atoms with van der Waals surface area (Å²) in [6, 6.07) is 35.8. The number of rotatable bonds is 18. The van der Waals surface area contributed by atoms with Gasteiger partial charge in [0, 0.05) is 91.2 Å². The lowest BCUT2D eigenvalue weighted by molar-refractivity contribution is -0.384. The summed E-state index contributed by atoms with van der Waals surface area (Å²) < 4.78 is 30.2. The molecule has 6 aromatic rings. The van der Waals surface area contributed by atoms with Crippen molar-refractivity contribution in [3.8, 4) is 11.1 Å². The molecule has 0 radical (unpaired) electrons. The van der Waals surface area contributed by atoms with Crippen LogP contribution in [0.4, 0.5) is 22.9 Å². The van der Waals surface area contributed by atoms with Gasteiger partial charge in [0.15, 0.2) is 5.82 Å². The number of hydrogen-bond acceptors (Lipinski definition) is 12. The average Bonchev–Trinajstić information content (AvgIpc) is 3.26. The Labute approximate surface area is 366 Å². The zero-order chi connectivity index (χ0) is 42.9. The van der Waals surface area contributed by atoms with Gasteiger partial charge in [-0.1, -0.05) is 66.2 Å². The van der Waals surface area contributed by atoms with Crippen molar-refractivity contribution in [1.82, 2.24) is 24.7 Å². The first-order valence-electron chi connectivity index (χ1n) is 20.1. The minimum Gasteiger partial charge on any atom is -0.375 e. The molecule has 1 fully saturated rings. The number of nitrogens with zero attached hydrogens (tertiary/aromatic N) is 7. The molecule has 0 saturated carbocycles. The van der Waals surface area contributed by atoms with Crippen LogP contribution < -0.4 is 14.9 Å². The third-order valence-corrected chi connectivity index (χ3v) is 13.4. The lowest BCUT2D eigenvalue weighted by atomic mass is 9.99. The number of nitrogens with one attached hydrogen (secondary N) is 2. The molecule has 2 N–H and O–H groups in total. The van der Waals surface area contributed by atoms with Crippen LogP contribution >= 0.6 is 23.4 Å². The van der Waals surface area contributed by atoms with E-state index in [4.69, 9.17) is 11.6 Å². The maximum Gasteiger partial charge on any atom is 0.293 e. The quantitative estimate of drug-likeness (QED) is 0.0491. The molecule has 0 bridgehead atoms. The summed E-state index contributed by atoms with van der Waals surface area (Å²) in [6.07, 6.45) is 1.32. The summed E-state index contributed by atoms with van der Waals surface area (Å²) in [5.41, 5.74) is 5.05.